The minimum Gasteiger partial charge on any atom is -0.459 e. The highest BCUT2D eigenvalue weighted by molar-refractivity contribution is 8.16. The quantitative estimate of drug-likeness (QED) is 0.545. The first-order valence-electron chi connectivity index (χ1n) is 10.9. The Morgan fingerprint density at radius 2 is 1.97 bits per heavy atom. The molecule has 0 saturated heterocycles. The van der Waals surface area contributed by atoms with Crippen molar-refractivity contribution in [3.63, 3.8) is 0 Å². The molecule has 0 aliphatic carbocycles. The highest BCUT2D eigenvalue weighted by atomic mass is 35.5. The van der Waals surface area contributed by atoms with Gasteiger partial charge in [0.1, 0.15) is 0 Å². The topological polar surface area (TPSA) is 83.9 Å². The molecule has 4 rings (SSSR count). The number of benzene rings is 1. The average molecular weight is 497 g/mol. The second kappa shape index (κ2) is 10.4. The van der Waals surface area contributed by atoms with Gasteiger partial charge in [0.2, 0.25) is 5.91 Å². The maximum Gasteiger partial charge on any atom is 0.338 e. The number of amidine groups is 1. The van der Waals surface area contributed by atoms with Crippen LogP contribution in [-0.2, 0) is 20.9 Å². The van der Waals surface area contributed by atoms with E-state index < -0.39 is 12.0 Å². The van der Waals surface area contributed by atoms with Crippen LogP contribution in [0.3, 0.4) is 0 Å². The largest absolute Gasteiger partial charge is 0.459 e. The molecule has 34 heavy (non-hydrogen) atoms. The molecule has 1 amide bonds. The molecule has 0 bridgehead atoms. The number of rotatable bonds is 7. The van der Waals surface area contributed by atoms with Gasteiger partial charge in [0.15, 0.2) is 5.17 Å². The Morgan fingerprint density at radius 1 is 1.21 bits per heavy atom. The van der Waals surface area contributed by atoms with E-state index in [1.807, 2.05) is 46.7 Å². The SMILES string of the molecule is CC1=C(C(=O)OC(C)C)[C@@H](c2ccccc2Cl)N2C(CC(=O)NCc3ccccn3)=CSC2=N1. The van der Waals surface area contributed by atoms with Gasteiger partial charge in [-0.1, -0.05) is 47.6 Å². The van der Waals surface area contributed by atoms with Gasteiger partial charge in [0.25, 0.3) is 0 Å². The summed E-state index contributed by atoms with van der Waals surface area (Å²) in [7, 11) is 0. The number of hydrogen-bond donors (Lipinski definition) is 1. The minimum absolute atomic E-state index is 0.116. The molecule has 9 heteroatoms. The fraction of sp³-hybridized carbons (Fsp3) is 0.280. The summed E-state index contributed by atoms with van der Waals surface area (Å²) in [6.07, 6.45) is 1.52. The van der Waals surface area contributed by atoms with Gasteiger partial charge in [0, 0.05) is 16.9 Å². The summed E-state index contributed by atoms with van der Waals surface area (Å²) in [5.41, 5.74) is 3.23. The minimum atomic E-state index is -0.558. The monoisotopic (exact) mass is 496 g/mol. The lowest BCUT2D eigenvalue weighted by atomic mass is 9.93. The molecule has 1 atom stereocenters. The number of ether oxygens (including phenoxy) is 1. The molecular formula is C25H25ClN4O3S. The summed E-state index contributed by atoms with van der Waals surface area (Å²) < 4.78 is 5.56. The first-order chi connectivity index (χ1) is 16.3. The number of allylic oxidation sites excluding steroid dienone is 1. The number of amides is 1. The number of nitrogens with one attached hydrogen (secondary N) is 1. The van der Waals surface area contributed by atoms with Crippen molar-refractivity contribution in [2.24, 2.45) is 4.99 Å². The average Bonchev–Trinajstić information content (AvgIpc) is 3.19. The number of hydrogen-bond acceptors (Lipinski definition) is 7. The number of aliphatic imine (C=N–C) groups is 1. The van der Waals surface area contributed by atoms with Gasteiger partial charge < -0.3 is 15.0 Å². The molecule has 1 aromatic heterocycles. The number of aromatic nitrogens is 1. The van der Waals surface area contributed by atoms with Crippen LogP contribution >= 0.6 is 23.4 Å². The van der Waals surface area contributed by atoms with Crippen molar-refractivity contribution < 1.29 is 14.3 Å². The summed E-state index contributed by atoms with van der Waals surface area (Å²) in [6, 6.07) is 12.4. The van der Waals surface area contributed by atoms with Gasteiger partial charge in [-0.2, -0.15) is 0 Å². The predicted molar refractivity (Wildman–Crippen MR) is 134 cm³/mol. The molecule has 0 unspecified atom stereocenters. The number of fused-ring (bicyclic) bond motifs is 1. The Morgan fingerprint density at radius 3 is 2.68 bits per heavy atom. The third-order valence-electron chi connectivity index (χ3n) is 5.30. The van der Waals surface area contributed by atoms with Crippen LogP contribution in [0.15, 0.2) is 76.0 Å². The fourth-order valence-electron chi connectivity index (χ4n) is 3.82. The van der Waals surface area contributed by atoms with Crippen molar-refractivity contribution in [1.29, 1.82) is 0 Å². The second-order valence-electron chi connectivity index (χ2n) is 8.14. The van der Waals surface area contributed by atoms with Gasteiger partial charge in [-0.15, -0.1) is 0 Å². The van der Waals surface area contributed by atoms with E-state index in [1.165, 1.54) is 11.8 Å². The van der Waals surface area contributed by atoms with Gasteiger partial charge in [-0.3, -0.25) is 9.78 Å². The smallest absolute Gasteiger partial charge is 0.338 e. The highest BCUT2D eigenvalue weighted by Crippen LogP contribution is 2.46. The lowest BCUT2D eigenvalue weighted by Gasteiger charge is -2.36. The zero-order valence-corrected chi connectivity index (χ0v) is 20.7. The normalized spacial score (nSPS) is 17.3. The molecule has 2 aliphatic rings. The van der Waals surface area contributed by atoms with E-state index in [9.17, 15) is 9.59 Å². The Kier molecular flexibility index (Phi) is 7.38. The van der Waals surface area contributed by atoms with Crippen molar-refractivity contribution in [2.45, 2.75) is 45.9 Å². The van der Waals surface area contributed by atoms with Crippen LogP contribution < -0.4 is 5.32 Å². The van der Waals surface area contributed by atoms with Crippen molar-refractivity contribution in [1.82, 2.24) is 15.2 Å². The van der Waals surface area contributed by atoms with Crippen LogP contribution in [0.5, 0.6) is 0 Å². The van der Waals surface area contributed by atoms with Crippen LogP contribution in [-0.4, -0.2) is 33.0 Å². The third-order valence-corrected chi connectivity index (χ3v) is 6.53. The van der Waals surface area contributed by atoms with E-state index in [-0.39, 0.29) is 18.4 Å². The molecular weight excluding hydrogens is 472 g/mol. The molecule has 3 heterocycles. The van der Waals surface area contributed by atoms with Crippen molar-refractivity contribution >= 4 is 40.4 Å². The van der Waals surface area contributed by atoms with E-state index in [2.05, 4.69) is 15.3 Å². The summed E-state index contributed by atoms with van der Waals surface area (Å²) in [5, 5.41) is 6.02. The van der Waals surface area contributed by atoms with Gasteiger partial charge in [-0.25, -0.2) is 9.79 Å². The molecule has 0 spiro atoms. The molecule has 176 valence electrons. The molecule has 0 saturated carbocycles. The number of nitrogens with zero attached hydrogens (tertiary/aromatic N) is 3. The van der Waals surface area contributed by atoms with Gasteiger partial charge in [0.05, 0.1) is 42.1 Å². The molecule has 1 N–H and O–H groups in total. The molecule has 1 aromatic carbocycles. The van der Waals surface area contributed by atoms with E-state index in [4.69, 9.17) is 16.3 Å². The number of esters is 1. The molecule has 2 aliphatic heterocycles. The fourth-order valence-corrected chi connectivity index (χ4v) is 5.02. The maximum atomic E-state index is 13.2. The summed E-state index contributed by atoms with van der Waals surface area (Å²) in [6.45, 7) is 5.74. The summed E-state index contributed by atoms with van der Waals surface area (Å²) >= 11 is 8.01. The Labute approximate surface area is 207 Å². The van der Waals surface area contributed by atoms with E-state index in [1.54, 1.807) is 33.0 Å². The first-order valence-corrected chi connectivity index (χ1v) is 12.2. The second-order valence-corrected chi connectivity index (χ2v) is 9.39. The van der Waals surface area contributed by atoms with Crippen LogP contribution in [0.1, 0.15) is 44.5 Å². The Balaban J connectivity index is 1.63. The zero-order chi connectivity index (χ0) is 24.2. The standard InChI is InChI=1S/C25H25ClN4O3S/c1-15(2)33-24(32)22-16(3)29-25-30(23(22)19-9-4-5-10-20(19)26)18(14-34-25)12-21(31)28-13-17-8-6-7-11-27-17/h4-11,14-15,23H,12-13H2,1-3H3,(H,28,31)/t23-/m1/s1. The number of halogens is 1. The zero-order valence-electron chi connectivity index (χ0n) is 19.1. The van der Waals surface area contributed by atoms with Crippen LogP contribution in [0.25, 0.3) is 0 Å². The lowest BCUT2D eigenvalue weighted by Crippen LogP contribution is -2.38. The Hall–Kier alpha value is -3.10. The molecule has 0 fully saturated rings. The number of carbonyl (C=O) groups excluding carboxylic acids is 2. The van der Waals surface area contributed by atoms with Gasteiger partial charge in [-0.05, 0) is 49.9 Å². The van der Waals surface area contributed by atoms with E-state index >= 15 is 0 Å². The highest BCUT2D eigenvalue weighted by Gasteiger charge is 2.42. The van der Waals surface area contributed by atoms with Crippen LogP contribution in [0, 0.1) is 0 Å². The molecule has 7 nitrogen and oxygen atoms in total. The predicted octanol–water partition coefficient (Wildman–Crippen LogP) is 4.97. The molecule has 2 aromatic rings. The van der Waals surface area contributed by atoms with E-state index in [0.717, 1.165) is 17.0 Å². The summed E-state index contributed by atoms with van der Waals surface area (Å²) in [5.74, 6) is -0.606. The maximum absolute atomic E-state index is 13.2. The van der Waals surface area contributed by atoms with E-state index in [0.29, 0.717) is 28.0 Å². The third kappa shape index (κ3) is 5.18. The van der Waals surface area contributed by atoms with Crippen molar-refractivity contribution in [3.05, 3.63) is 87.3 Å². The Bertz CT molecular complexity index is 1190. The number of carbonyl (C=O) groups is 2. The first kappa shape index (κ1) is 24.0. The lowest BCUT2D eigenvalue weighted by molar-refractivity contribution is -0.143. The van der Waals surface area contributed by atoms with Crippen molar-refractivity contribution in [3.8, 4) is 0 Å². The molecule has 0 radical (unpaired) electrons. The van der Waals surface area contributed by atoms with Crippen molar-refractivity contribution in [2.75, 3.05) is 0 Å². The number of pyridine rings is 1. The summed E-state index contributed by atoms with van der Waals surface area (Å²) in [4.78, 5) is 36.8. The van der Waals surface area contributed by atoms with Gasteiger partial charge >= 0.3 is 5.97 Å². The van der Waals surface area contributed by atoms with Crippen LogP contribution in [0.4, 0.5) is 0 Å². The number of thioether (sulfide) groups is 1. The van der Waals surface area contributed by atoms with Crippen LogP contribution in [0.2, 0.25) is 5.02 Å².